The summed E-state index contributed by atoms with van der Waals surface area (Å²) < 4.78 is 7.06. The topological polar surface area (TPSA) is 35.2 Å². The second-order valence-electron chi connectivity index (χ2n) is 7.50. The summed E-state index contributed by atoms with van der Waals surface area (Å²) in [5, 5.41) is 0. The van der Waals surface area contributed by atoms with Crippen LogP contribution in [0.1, 0.15) is 59.6 Å². The van der Waals surface area contributed by atoms with Gasteiger partial charge in [-0.15, -0.1) is 0 Å². The Morgan fingerprint density at radius 1 is 1.10 bits per heavy atom. The Bertz CT molecular complexity index is 469. The van der Waals surface area contributed by atoms with Crippen LogP contribution in [-0.2, 0) is 10.8 Å². The lowest BCUT2D eigenvalue weighted by atomic mass is 9.80. The quantitative estimate of drug-likeness (QED) is 0.859. The highest BCUT2D eigenvalue weighted by Gasteiger charge is 2.26. The van der Waals surface area contributed by atoms with Crippen LogP contribution in [0.25, 0.3) is 0 Å². The number of nitrogens with two attached hydrogens (primary N) is 1. The summed E-state index contributed by atoms with van der Waals surface area (Å²) in [7, 11) is 0. The van der Waals surface area contributed by atoms with Crippen LogP contribution < -0.4 is 10.5 Å². The molecule has 3 heteroatoms. The Hall–Kier alpha value is -0.540. The predicted molar refractivity (Wildman–Crippen MR) is 90.7 cm³/mol. The van der Waals surface area contributed by atoms with Gasteiger partial charge in [-0.25, -0.2) is 0 Å². The molecule has 0 aliphatic carbocycles. The van der Waals surface area contributed by atoms with Crippen molar-refractivity contribution in [2.45, 2.75) is 65.4 Å². The van der Waals surface area contributed by atoms with Gasteiger partial charge in [0.25, 0.3) is 0 Å². The summed E-state index contributed by atoms with van der Waals surface area (Å²) in [6, 6.07) is 4.43. The van der Waals surface area contributed by atoms with Crippen molar-refractivity contribution in [2.24, 2.45) is 5.73 Å². The summed E-state index contributed by atoms with van der Waals surface area (Å²) >= 11 is 3.67. The molecule has 1 aromatic carbocycles. The zero-order valence-electron chi connectivity index (χ0n) is 13.8. The zero-order valence-corrected chi connectivity index (χ0v) is 15.4. The maximum Gasteiger partial charge on any atom is 0.137 e. The van der Waals surface area contributed by atoms with Crippen LogP contribution >= 0.6 is 15.9 Å². The summed E-state index contributed by atoms with van der Waals surface area (Å²) in [6.45, 7) is 15.8. The van der Waals surface area contributed by atoms with E-state index in [0.29, 0.717) is 6.54 Å². The monoisotopic (exact) mass is 341 g/mol. The molecule has 0 radical (unpaired) electrons. The number of halogens is 1. The Kier molecular flexibility index (Phi) is 5.31. The first-order chi connectivity index (χ1) is 8.96. The molecule has 1 atom stereocenters. The average Bonchev–Trinajstić information content (AvgIpc) is 2.28. The predicted octanol–water partition coefficient (Wildman–Crippen LogP) is 4.77. The molecular weight excluding hydrogens is 314 g/mol. The van der Waals surface area contributed by atoms with E-state index < -0.39 is 0 Å². The minimum absolute atomic E-state index is 0.00730. The van der Waals surface area contributed by atoms with Gasteiger partial charge in [-0.2, -0.15) is 0 Å². The minimum Gasteiger partial charge on any atom is -0.488 e. The minimum atomic E-state index is 0.00730. The Morgan fingerprint density at radius 2 is 1.65 bits per heavy atom. The maximum atomic E-state index is 6.05. The van der Waals surface area contributed by atoms with E-state index in [9.17, 15) is 0 Å². The Labute approximate surface area is 132 Å². The second-order valence-corrected chi connectivity index (χ2v) is 8.35. The van der Waals surface area contributed by atoms with E-state index in [1.165, 1.54) is 11.1 Å². The lowest BCUT2D eigenvalue weighted by Gasteiger charge is -2.29. The largest absolute Gasteiger partial charge is 0.488 e. The molecule has 0 bridgehead atoms. The van der Waals surface area contributed by atoms with Crippen LogP contribution in [0.15, 0.2) is 16.6 Å². The fourth-order valence-electron chi connectivity index (χ4n) is 1.95. The lowest BCUT2D eigenvalue weighted by Crippen LogP contribution is -2.25. The normalized spacial score (nSPS) is 14.2. The van der Waals surface area contributed by atoms with Crippen molar-refractivity contribution in [3.05, 3.63) is 27.7 Å². The highest BCUT2D eigenvalue weighted by Crippen LogP contribution is 2.41. The van der Waals surface area contributed by atoms with Gasteiger partial charge in [0.2, 0.25) is 0 Å². The van der Waals surface area contributed by atoms with Gasteiger partial charge >= 0.3 is 0 Å². The molecular formula is C17H28BrNO. The summed E-state index contributed by atoms with van der Waals surface area (Å²) in [4.78, 5) is 0. The van der Waals surface area contributed by atoms with Crippen molar-refractivity contribution < 1.29 is 4.74 Å². The molecule has 0 saturated carbocycles. The van der Waals surface area contributed by atoms with E-state index >= 15 is 0 Å². The van der Waals surface area contributed by atoms with Crippen LogP contribution in [0.4, 0.5) is 0 Å². The molecule has 0 aromatic heterocycles. The summed E-state index contributed by atoms with van der Waals surface area (Å²) in [5.41, 5.74) is 8.35. The smallest absolute Gasteiger partial charge is 0.137 e. The van der Waals surface area contributed by atoms with Crippen LogP contribution in [0.5, 0.6) is 5.75 Å². The van der Waals surface area contributed by atoms with Gasteiger partial charge in [0.05, 0.1) is 4.47 Å². The SMILES string of the molecule is CC(CN)Oc1c(Br)cc(C(C)(C)C)cc1C(C)(C)C. The maximum absolute atomic E-state index is 6.05. The van der Waals surface area contributed by atoms with E-state index in [2.05, 4.69) is 69.6 Å². The van der Waals surface area contributed by atoms with Gasteiger partial charge in [0, 0.05) is 12.1 Å². The molecule has 0 spiro atoms. The highest BCUT2D eigenvalue weighted by atomic mass is 79.9. The van der Waals surface area contributed by atoms with Crippen molar-refractivity contribution in [2.75, 3.05) is 6.54 Å². The van der Waals surface area contributed by atoms with Gasteiger partial charge in [-0.05, 0) is 45.3 Å². The summed E-state index contributed by atoms with van der Waals surface area (Å²) in [6.07, 6.45) is 0.00730. The van der Waals surface area contributed by atoms with Crippen molar-refractivity contribution in [3.8, 4) is 5.75 Å². The fraction of sp³-hybridized carbons (Fsp3) is 0.647. The van der Waals surface area contributed by atoms with Crippen LogP contribution in [-0.4, -0.2) is 12.6 Å². The standard InChI is InChI=1S/C17H28BrNO/c1-11(10-19)20-15-13(17(5,6)7)8-12(9-14(15)18)16(2,3)4/h8-9,11H,10,19H2,1-7H3. The first-order valence-electron chi connectivity index (χ1n) is 7.18. The number of benzene rings is 1. The van der Waals surface area contributed by atoms with Crippen molar-refractivity contribution in [1.29, 1.82) is 0 Å². The Morgan fingerprint density at radius 3 is 2.05 bits per heavy atom. The van der Waals surface area contributed by atoms with Crippen LogP contribution in [0.3, 0.4) is 0 Å². The first kappa shape index (κ1) is 17.5. The van der Waals surface area contributed by atoms with Crippen LogP contribution in [0.2, 0.25) is 0 Å². The second kappa shape index (κ2) is 6.07. The van der Waals surface area contributed by atoms with Crippen molar-refractivity contribution in [1.82, 2.24) is 0 Å². The third-order valence-corrected chi connectivity index (χ3v) is 3.96. The fourth-order valence-corrected chi connectivity index (χ4v) is 2.51. The third kappa shape index (κ3) is 4.23. The highest BCUT2D eigenvalue weighted by molar-refractivity contribution is 9.10. The molecule has 2 nitrogen and oxygen atoms in total. The van der Waals surface area contributed by atoms with Crippen LogP contribution in [0, 0.1) is 0 Å². The van der Waals surface area contributed by atoms with E-state index in [0.717, 1.165) is 10.2 Å². The zero-order chi connectivity index (χ0) is 15.7. The molecule has 114 valence electrons. The van der Waals surface area contributed by atoms with Gasteiger partial charge in [0.1, 0.15) is 11.9 Å². The molecule has 1 rings (SSSR count). The molecule has 0 aliphatic rings. The van der Waals surface area contributed by atoms with Gasteiger partial charge in [0.15, 0.2) is 0 Å². The molecule has 1 aromatic rings. The van der Waals surface area contributed by atoms with E-state index in [4.69, 9.17) is 10.5 Å². The van der Waals surface area contributed by atoms with Gasteiger partial charge in [-0.1, -0.05) is 47.6 Å². The number of ether oxygens (including phenoxy) is 1. The molecule has 0 amide bonds. The van der Waals surface area contributed by atoms with Gasteiger partial charge in [-0.3, -0.25) is 0 Å². The number of hydrogen-bond acceptors (Lipinski definition) is 2. The lowest BCUT2D eigenvalue weighted by molar-refractivity contribution is 0.223. The van der Waals surface area contributed by atoms with E-state index in [1.807, 2.05) is 6.92 Å². The molecule has 0 saturated heterocycles. The molecule has 2 N–H and O–H groups in total. The van der Waals surface area contributed by atoms with Crippen molar-refractivity contribution >= 4 is 15.9 Å². The molecule has 1 unspecified atom stereocenters. The Balaban J connectivity index is 3.44. The van der Waals surface area contributed by atoms with E-state index in [1.54, 1.807) is 0 Å². The molecule has 20 heavy (non-hydrogen) atoms. The molecule has 0 heterocycles. The summed E-state index contributed by atoms with van der Waals surface area (Å²) in [5.74, 6) is 0.920. The third-order valence-electron chi connectivity index (χ3n) is 3.37. The van der Waals surface area contributed by atoms with E-state index in [-0.39, 0.29) is 16.9 Å². The average molecular weight is 342 g/mol. The number of hydrogen-bond donors (Lipinski definition) is 1. The molecule has 0 aliphatic heterocycles. The molecule has 0 fully saturated rings. The van der Waals surface area contributed by atoms with Crippen molar-refractivity contribution in [3.63, 3.8) is 0 Å². The number of rotatable bonds is 3. The van der Waals surface area contributed by atoms with Gasteiger partial charge < -0.3 is 10.5 Å². The first-order valence-corrected chi connectivity index (χ1v) is 7.97.